The number of fused-ring (bicyclic) bond motifs is 2. The standard InChI is InChI=1S/C21H14Cl3N5O2S/c22-11-1-4-13(5-2-11)29-19-15(9-25-29)20(31)28-14(10-32-21(28)27-19)8-18(30)26-17-6-3-12(23)7-16(17)24/h1-7,9,14H,8,10H2,(H,26,30). The minimum Gasteiger partial charge on any atom is -0.325 e. The molecule has 1 unspecified atom stereocenters. The van der Waals surface area contributed by atoms with E-state index in [1.165, 1.54) is 18.0 Å². The van der Waals surface area contributed by atoms with E-state index in [1.807, 2.05) is 12.1 Å². The van der Waals surface area contributed by atoms with Gasteiger partial charge in [-0.25, -0.2) is 9.67 Å². The maximum absolute atomic E-state index is 13.2. The summed E-state index contributed by atoms with van der Waals surface area (Å²) in [6.45, 7) is 0. The summed E-state index contributed by atoms with van der Waals surface area (Å²) in [6.07, 6.45) is 1.61. The number of hydrogen-bond acceptors (Lipinski definition) is 5. The molecule has 0 saturated heterocycles. The molecule has 0 spiro atoms. The first-order chi connectivity index (χ1) is 15.4. The molecule has 32 heavy (non-hydrogen) atoms. The average molecular weight is 507 g/mol. The van der Waals surface area contributed by atoms with Crippen molar-refractivity contribution in [2.24, 2.45) is 0 Å². The molecule has 1 aliphatic heterocycles. The van der Waals surface area contributed by atoms with Crippen LogP contribution in [0.3, 0.4) is 0 Å². The zero-order chi connectivity index (χ0) is 22.4. The lowest BCUT2D eigenvalue weighted by atomic mass is 10.2. The number of nitrogens with one attached hydrogen (secondary N) is 1. The zero-order valence-electron chi connectivity index (χ0n) is 16.3. The quantitative estimate of drug-likeness (QED) is 0.384. The molecular weight excluding hydrogens is 493 g/mol. The Labute approximate surface area is 201 Å². The molecule has 1 N–H and O–H groups in total. The fraction of sp³-hybridized carbons (Fsp3) is 0.143. The van der Waals surface area contributed by atoms with Crippen molar-refractivity contribution in [2.75, 3.05) is 11.1 Å². The number of anilines is 1. The number of carbonyl (C=O) groups excluding carboxylic acids is 1. The molecule has 0 bridgehead atoms. The van der Waals surface area contributed by atoms with E-state index in [-0.39, 0.29) is 23.9 Å². The number of halogens is 3. The number of amides is 1. The molecule has 3 heterocycles. The van der Waals surface area contributed by atoms with Gasteiger partial charge in [0, 0.05) is 22.2 Å². The van der Waals surface area contributed by atoms with Crippen LogP contribution in [0.2, 0.25) is 15.1 Å². The van der Waals surface area contributed by atoms with E-state index in [0.29, 0.717) is 42.7 Å². The SMILES string of the molecule is O=C(CC1CSc2nc3c(cnn3-c3ccc(Cl)cc3)c(=O)n21)Nc1ccc(Cl)cc1Cl. The Hall–Kier alpha value is -2.52. The second-order valence-electron chi connectivity index (χ2n) is 7.18. The number of thioether (sulfide) groups is 1. The van der Waals surface area contributed by atoms with Gasteiger partial charge in [0.1, 0.15) is 5.39 Å². The van der Waals surface area contributed by atoms with Crippen LogP contribution in [0.5, 0.6) is 0 Å². The van der Waals surface area contributed by atoms with Crippen molar-refractivity contribution in [3.05, 3.63) is 74.1 Å². The molecule has 2 aromatic heterocycles. The van der Waals surface area contributed by atoms with E-state index in [9.17, 15) is 9.59 Å². The van der Waals surface area contributed by atoms with Gasteiger partial charge in [-0.1, -0.05) is 46.6 Å². The Morgan fingerprint density at radius 3 is 2.62 bits per heavy atom. The van der Waals surface area contributed by atoms with Crippen molar-refractivity contribution in [3.63, 3.8) is 0 Å². The van der Waals surface area contributed by atoms with Gasteiger partial charge in [-0.15, -0.1) is 0 Å². The van der Waals surface area contributed by atoms with E-state index in [0.717, 1.165) is 5.69 Å². The van der Waals surface area contributed by atoms with Crippen LogP contribution in [0, 0.1) is 0 Å². The summed E-state index contributed by atoms with van der Waals surface area (Å²) >= 11 is 19.4. The molecule has 7 nitrogen and oxygen atoms in total. The Morgan fingerprint density at radius 1 is 1.12 bits per heavy atom. The normalized spacial score (nSPS) is 15.2. The molecule has 5 rings (SSSR count). The summed E-state index contributed by atoms with van der Waals surface area (Å²) in [5.41, 5.74) is 1.46. The van der Waals surface area contributed by atoms with Crippen LogP contribution in [-0.2, 0) is 4.79 Å². The van der Waals surface area contributed by atoms with Gasteiger partial charge in [0.15, 0.2) is 10.8 Å². The molecule has 1 atom stereocenters. The Bertz CT molecular complexity index is 1420. The highest BCUT2D eigenvalue weighted by Crippen LogP contribution is 2.34. The van der Waals surface area contributed by atoms with E-state index < -0.39 is 0 Å². The second-order valence-corrected chi connectivity index (χ2v) is 9.45. The first-order valence-electron chi connectivity index (χ1n) is 9.54. The first-order valence-corrected chi connectivity index (χ1v) is 11.7. The summed E-state index contributed by atoms with van der Waals surface area (Å²) in [4.78, 5) is 30.5. The minimum absolute atomic E-state index is 0.109. The fourth-order valence-electron chi connectivity index (χ4n) is 3.56. The van der Waals surface area contributed by atoms with Gasteiger partial charge in [-0.05, 0) is 42.5 Å². The number of hydrogen-bond donors (Lipinski definition) is 1. The number of aromatic nitrogens is 4. The molecule has 0 fully saturated rings. The molecule has 162 valence electrons. The lowest BCUT2D eigenvalue weighted by Gasteiger charge is -2.14. The van der Waals surface area contributed by atoms with Crippen LogP contribution in [-0.4, -0.2) is 31.0 Å². The fourth-order valence-corrected chi connectivity index (χ4v) is 5.27. The van der Waals surface area contributed by atoms with Crippen molar-refractivity contribution < 1.29 is 4.79 Å². The Kier molecular flexibility index (Phi) is 5.63. The zero-order valence-corrected chi connectivity index (χ0v) is 19.3. The van der Waals surface area contributed by atoms with E-state index in [4.69, 9.17) is 34.8 Å². The van der Waals surface area contributed by atoms with Crippen molar-refractivity contribution in [3.8, 4) is 5.69 Å². The van der Waals surface area contributed by atoms with E-state index in [2.05, 4.69) is 15.4 Å². The first kappa shape index (κ1) is 21.3. The second kappa shape index (κ2) is 8.44. The highest BCUT2D eigenvalue weighted by Gasteiger charge is 2.29. The highest BCUT2D eigenvalue weighted by atomic mass is 35.5. The van der Waals surface area contributed by atoms with Crippen LogP contribution in [0.4, 0.5) is 5.69 Å². The van der Waals surface area contributed by atoms with Gasteiger partial charge in [0.05, 0.1) is 28.6 Å². The molecule has 1 aliphatic rings. The maximum Gasteiger partial charge on any atom is 0.265 e. The van der Waals surface area contributed by atoms with Crippen LogP contribution >= 0.6 is 46.6 Å². The summed E-state index contributed by atoms with van der Waals surface area (Å²) in [7, 11) is 0. The van der Waals surface area contributed by atoms with Crippen LogP contribution in [0.1, 0.15) is 12.5 Å². The summed E-state index contributed by atoms with van der Waals surface area (Å²) in [6, 6.07) is 11.6. The van der Waals surface area contributed by atoms with Gasteiger partial charge >= 0.3 is 0 Å². The van der Waals surface area contributed by atoms with Crippen molar-refractivity contribution >= 4 is 69.2 Å². The molecule has 0 saturated carbocycles. The minimum atomic E-state index is -0.329. The van der Waals surface area contributed by atoms with Crippen molar-refractivity contribution in [1.82, 2.24) is 19.3 Å². The molecule has 0 radical (unpaired) electrons. The lowest BCUT2D eigenvalue weighted by molar-refractivity contribution is -0.116. The molecule has 2 aromatic carbocycles. The van der Waals surface area contributed by atoms with Crippen molar-refractivity contribution in [2.45, 2.75) is 17.6 Å². The lowest BCUT2D eigenvalue weighted by Crippen LogP contribution is -2.27. The van der Waals surface area contributed by atoms with Crippen LogP contribution in [0.15, 0.2) is 58.6 Å². The van der Waals surface area contributed by atoms with Gasteiger partial charge in [-0.3, -0.25) is 14.2 Å². The van der Waals surface area contributed by atoms with Gasteiger partial charge in [0.2, 0.25) is 5.91 Å². The predicted octanol–water partition coefficient (Wildman–Crippen LogP) is 5.22. The summed E-state index contributed by atoms with van der Waals surface area (Å²) < 4.78 is 3.18. The van der Waals surface area contributed by atoms with Gasteiger partial charge in [0.25, 0.3) is 5.56 Å². The molecule has 1 amide bonds. The summed E-state index contributed by atoms with van der Waals surface area (Å²) in [5, 5.41) is 9.50. The third-order valence-electron chi connectivity index (χ3n) is 5.07. The largest absolute Gasteiger partial charge is 0.325 e. The maximum atomic E-state index is 13.2. The van der Waals surface area contributed by atoms with Gasteiger partial charge < -0.3 is 5.32 Å². The van der Waals surface area contributed by atoms with E-state index >= 15 is 0 Å². The molecule has 0 aliphatic carbocycles. The monoisotopic (exact) mass is 505 g/mol. The Morgan fingerprint density at radius 2 is 1.88 bits per heavy atom. The van der Waals surface area contributed by atoms with Crippen LogP contribution in [0.25, 0.3) is 16.7 Å². The predicted molar refractivity (Wildman–Crippen MR) is 128 cm³/mol. The number of nitrogens with zero attached hydrogens (tertiary/aromatic N) is 4. The average Bonchev–Trinajstić information content (AvgIpc) is 3.36. The Balaban J connectivity index is 1.44. The van der Waals surface area contributed by atoms with Gasteiger partial charge in [-0.2, -0.15) is 5.10 Å². The topological polar surface area (TPSA) is 81.8 Å². The summed E-state index contributed by atoms with van der Waals surface area (Å²) in [5.74, 6) is 0.307. The number of carbonyl (C=O) groups is 1. The van der Waals surface area contributed by atoms with E-state index in [1.54, 1.807) is 39.6 Å². The number of benzene rings is 2. The smallest absolute Gasteiger partial charge is 0.265 e. The number of rotatable bonds is 4. The van der Waals surface area contributed by atoms with Crippen molar-refractivity contribution in [1.29, 1.82) is 0 Å². The van der Waals surface area contributed by atoms with Crippen LogP contribution < -0.4 is 10.9 Å². The molecular formula is C21H14Cl3N5O2S. The third-order valence-corrected chi connectivity index (χ3v) is 6.97. The molecule has 4 aromatic rings. The molecule has 11 heteroatoms. The highest BCUT2D eigenvalue weighted by molar-refractivity contribution is 7.99. The third kappa shape index (κ3) is 3.88.